The van der Waals surface area contributed by atoms with E-state index >= 15 is 0 Å². The third-order valence-electron chi connectivity index (χ3n) is 5.68. The lowest BCUT2D eigenvalue weighted by molar-refractivity contribution is 0.191. The van der Waals surface area contributed by atoms with Crippen molar-refractivity contribution in [2.75, 3.05) is 44.2 Å². The second-order valence-corrected chi connectivity index (χ2v) is 7.49. The van der Waals surface area contributed by atoms with Crippen molar-refractivity contribution in [2.24, 2.45) is 0 Å². The van der Waals surface area contributed by atoms with Gasteiger partial charge in [-0.3, -0.25) is 0 Å². The van der Waals surface area contributed by atoms with Gasteiger partial charge in [-0.05, 0) is 55.0 Å². The van der Waals surface area contributed by atoms with Crippen LogP contribution < -0.4 is 15.0 Å². The Morgan fingerprint density at radius 3 is 2.54 bits per heavy atom. The number of hydrogen-bond donors (Lipinski definition) is 1. The number of rotatable bonds is 5. The first-order valence-corrected chi connectivity index (χ1v) is 10.4. The van der Waals surface area contributed by atoms with Crippen molar-refractivity contribution in [3.05, 3.63) is 59.7 Å². The lowest BCUT2D eigenvalue weighted by Gasteiger charge is -2.36. The molecule has 1 heterocycles. The minimum Gasteiger partial charge on any atom is -0.491 e. The number of carbonyl (C=O) groups excluding carboxylic acids is 1. The van der Waals surface area contributed by atoms with Crippen LogP contribution in [0.15, 0.2) is 48.5 Å². The number of ether oxygens (including phenoxy) is 1. The zero-order valence-electron chi connectivity index (χ0n) is 16.4. The van der Waals surface area contributed by atoms with Crippen LogP contribution in [0.4, 0.5) is 10.5 Å². The number of aryl methyl sites for hydroxylation is 1. The fourth-order valence-electron chi connectivity index (χ4n) is 4.12. The summed E-state index contributed by atoms with van der Waals surface area (Å²) in [5, 5.41) is 3.00. The molecule has 0 unspecified atom stereocenters. The maximum absolute atomic E-state index is 12.4. The van der Waals surface area contributed by atoms with E-state index in [1.165, 1.54) is 29.7 Å². The number of piperazine rings is 1. The van der Waals surface area contributed by atoms with Gasteiger partial charge in [-0.25, -0.2) is 4.79 Å². The highest BCUT2D eigenvalue weighted by Gasteiger charge is 2.21. The molecule has 2 aromatic carbocycles. The molecule has 5 heteroatoms. The Hall–Kier alpha value is -2.69. The molecule has 148 valence electrons. The summed E-state index contributed by atoms with van der Waals surface area (Å²) in [4.78, 5) is 16.6. The molecule has 28 heavy (non-hydrogen) atoms. The van der Waals surface area contributed by atoms with Crippen molar-refractivity contribution in [1.29, 1.82) is 0 Å². The Morgan fingerprint density at radius 1 is 0.929 bits per heavy atom. The number of anilines is 1. The summed E-state index contributed by atoms with van der Waals surface area (Å²) < 4.78 is 5.98. The third-order valence-corrected chi connectivity index (χ3v) is 5.68. The molecule has 1 N–H and O–H groups in total. The van der Waals surface area contributed by atoms with Gasteiger partial charge in [0.2, 0.25) is 0 Å². The van der Waals surface area contributed by atoms with E-state index in [-0.39, 0.29) is 6.03 Å². The molecule has 0 atom stereocenters. The molecule has 0 spiro atoms. The molecule has 0 bridgehead atoms. The molecule has 1 saturated heterocycles. The number of nitrogens with zero attached hydrogens (tertiary/aromatic N) is 2. The number of amides is 2. The van der Waals surface area contributed by atoms with Crippen molar-refractivity contribution in [3.8, 4) is 5.75 Å². The van der Waals surface area contributed by atoms with Crippen LogP contribution in [0.3, 0.4) is 0 Å². The van der Waals surface area contributed by atoms with Gasteiger partial charge in [0.25, 0.3) is 0 Å². The van der Waals surface area contributed by atoms with Crippen LogP contribution in [0.1, 0.15) is 24.0 Å². The van der Waals surface area contributed by atoms with Gasteiger partial charge < -0.3 is 19.9 Å². The monoisotopic (exact) mass is 379 g/mol. The van der Waals surface area contributed by atoms with E-state index in [0.717, 1.165) is 44.8 Å². The normalized spacial score (nSPS) is 16.4. The smallest absolute Gasteiger partial charge is 0.317 e. The van der Waals surface area contributed by atoms with Crippen LogP contribution in [0.5, 0.6) is 5.75 Å². The van der Waals surface area contributed by atoms with Crippen molar-refractivity contribution < 1.29 is 9.53 Å². The number of urea groups is 1. The van der Waals surface area contributed by atoms with Gasteiger partial charge in [-0.15, -0.1) is 0 Å². The number of para-hydroxylation sites is 1. The molecule has 2 aliphatic rings. The molecular weight excluding hydrogens is 350 g/mol. The molecule has 4 rings (SSSR count). The largest absolute Gasteiger partial charge is 0.491 e. The molecule has 2 amide bonds. The molecule has 1 aliphatic heterocycles. The number of benzene rings is 2. The second kappa shape index (κ2) is 9.00. The quantitative estimate of drug-likeness (QED) is 0.809. The van der Waals surface area contributed by atoms with Gasteiger partial charge in [0.1, 0.15) is 12.4 Å². The molecule has 0 aromatic heterocycles. The van der Waals surface area contributed by atoms with E-state index in [0.29, 0.717) is 13.2 Å². The van der Waals surface area contributed by atoms with Crippen LogP contribution in [0.25, 0.3) is 0 Å². The van der Waals surface area contributed by atoms with E-state index in [4.69, 9.17) is 4.74 Å². The average molecular weight is 380 g/mol. The predicted molar refractivity (Wildman–Crippen MR) is 112 cm³/mol. The first-order chi connectivity index (χ1) is 13.8. The van der Waals surface area contributed by atoms with E-state index in [1.807, 2.05) is 11.0 Å². The van der Waals surface area contributed by atoms with Crippen molar-refractivity contribution >= 4 is 11.7 Å². The van der Waals surface area contributed by atoms with Gasteiger partial charge >= 0.3 is 6.03 Å². The molecular formula is C23H29N3O2. The maximum Gasteiger partial charge on any atom is 0.317 e. The maximum atomic E-state index is 12.4. The second-order valence-electron chi connectivity index (χ2n) is 7.49. The average Bonchev–Trinajstić information content (AvgIpc) is 2.77. The van der Waals surface area contributed by atoms with Crippen molar-refractivity contribution in [1.82, 2.24) is 10.2 Å². The van der Waals surface area contributed by atoms with Gasteiger partial charge in [0, 0.05) is 31.9 Å². The molecule has 0 saturated carbocycles. The number of nitrogens with one attached hydrogen (secondary N) is 1. The summed E-state index contributed by atoms with van der Waals surface area (Å²) in [6, 6.07) is 16.7. The summed E-state index contributed by atoms with van der Waals surface area (Å²) in [6.07, 6.45) is 4.75. The lowest BCUT2D eigenvalue weighted by atomic mass is 9.91. The summed E-state index contributed by atoms with van der Waals surface area (Å²) >= 11 is 0. The Bertz CT molecular complexity index is 786. The van der Waals surface area contributed by atoms with Crippen LogP contribution >= 0.6 is 0 Å². The first-order valence-electron chi connectivity index (χ1n) is 10.4. The summed E-state index contributed by atoms with van der Waals surface area (Å²) in [6.45, 7) is 4.25. The number of hydrogen-bond acceptors (Lipinski definition) is 3. The van der Waals surface area contributed by atoms with Crippen LogP contribution in [0, 0.1) is 0 Å². The Labute approximate surface area is 167 Å². The SMILES string of the molecule is O=C(NCCOc1cccc2c1CCCC2)N1CCN(c2ccccc2)CC1. The summed E-state index contributed by atoms with van der Waals surface area (Å²) in [5.74, 6) is 0.989. The molecule has 2 aromatic rings. The zero-order chi connectivity index (χ0) is 19.2. The highest BCUT2D eigenvalue weighted by atomic mass is 16.5. The van der Waals surface area contributed by atoms with Crippen molar-refractivity contribution in [2.45, 2.75) is 25.7 Å². The zero-order valence-corrected chi connectivity index (χ0v) is 16.4. The fraction of sp³-hybridized carbons (Fsp3) is 0.435. The topological polar surface area (TPSA) is 44.8 Å². The molecule has 1 aliphatic carbocycles. The van der Waals surface area contributed by atoms with Gasteiger partial charge in [-0.1, -0.05) is 30.3 Å². The Kier molecular flexibility index (Phi) is 6.00. The Balaban J connectivity index is 1.20. The fourth-order valence-corrected chi connectivity index (χ4v) is 4.12. The number of fused-ring (bicyclic) bond motifs is 1. The lowest BCUT2D eigenvalue weighted by Crippen LogP contribution is -2.52. The third kappa shape index (κ3) is 4.41. The molecule has 5 nitrogen and oxygen atoms in total. The predicted octanol–water partition coefficient (Wildman–Crippen LogP) is 3.48. The van der Waals surface area contributed by atoms with Crippen LogP contribution in [0.2, 0.25) is 0 Å². The Morgan fingerprint density at radius 2 is 1.71 bits per heavy atom. The van der Waals surface area contributed by atoms with E-state index in [9.17, 15) is 4.79 Å². The molecule has 1 fully saturated rings. The number of carbonyl (C=O) groups is 1. The van der Waals surface area contributed by atoms with Crippen LogP contribution in [-0.4, -0.2) is 50.3 Å². The minimum absolute atomic E-state index is 0.00593. The van der Waals surface area contributed by atoms with E-state index < -0.39 is 0 Å². The standard InChI is InChI=1S/C23H29N3O2/c27-23(26-16-14-25(15-17-26)20-9-2-1-3-10-20)24-13-18-28-22-12-6-8-19-7-4-5-11-21(19)22/h1-3,6,8-10,12H,4-5,7,11,13-18H2,(H,24,27). The molecule has 0 radical (unpaired) electrons. The van der Waals surface area contributed by atoms with Gasteiger partial charge in [0.15, 0.2) is 0 Å². The summed E-state index contributed by atoms with van der Waals surface area (Å²) in [5.41, 5.74) is 4.00. The van der Waals surface area contributed by atoms with Crippen LogP contribution in [-0.2, 0) is 12.8 Å². The minimum atomic E-state index is 0.00593. The van der Waals surface area contributed by atoms with E-state index in [2.05, 4.69) is 52.7 Å². The van der Waals surface area contributed by atoms with Gasteiger partial charge in [0.05, 0.1) is 6.54 Å². The van der Waals surface area contributed by atoms with Crippen molar-refractivity contribution in [3.63, 3.8) is 0 Å². The first kappa shape index (κ1) is 18.7. The van der Waals surface area contributed by atoms with E-state index in [1.54, 1.807) is 0 Å². The summed E-state index contributed by atoms with van der Waals surface area (Å²) in [7, 11) is 0. The van der Waals surface area contributed by atoms with Gasteiger partial charge in [-0.2, -0.15) is 0 Å². The highest BCUT2D eigenvalue weighted by molar-refractivity contribution is 5.74. The highest BCUT2D eigenvalue weighted by Crippen LogP contribution is 2.29.